The number of carbonyl (C=O) groups excluding carboxylic acids is 1. The van der Waals surface area contributed by atoms with Crippen LogP contribution in [0, 0.1) is 0 Å². The lowest BCUT2D eigenvalue weighted by atomic mass is 10.1. The molecule has 100 valence electrons. The molecule has 5 nitrogen and oxygen atoms in total. The van der Waals surface area contributed by atoms with Gasteiger partial charge in [-0.25, -0.2) is 4.98 Å². The van der Waals surface area contributed by atoms with Crippen LogP contribution < -0.4 is 0 Å². The summed E-state index contributed by atoms with van der Waals surface area (Å²) in [5, 5.41) is 9.23. The van der Waals surface area contributed by atoms with E-state index in [1.807, 2.05) is 6.92 Å². The van der Waals surface area contributed by atoms with Crippen molar-refractivity contribution in [1.82, 2.24) is 4.98 Å². The number of hydrogen-bond acceptors (Lipinski definition) is 5. The van der Waals surface area contributed by atoms with E-state index in [1.165, 1.54) is 13.4 Å². The van der Waals surface area contributed by atoms with Gasteiger partial charge in [-0.15, -0.1) is 0 Å². The van der Waals surface area contributed by atoms with E-state index in [0.717, 1.165) is 5.56 Å². The molecular weight excluding hydrogens is 246 g/mol. The number of ether oxygens (including phenoxy) is 1. The molecule has 0 fully saturated rings. The minimum atomic E-state index is -0.295. The molecule has 2 aromatic rings. The Morgan fingerprint density at radius 3 is 2.74 bits per heavy atom. The topological polar surface area (TPSA) is 72.6 Å². The summed E-state index contributed by atoms with van der Waals surface area (Å²) >= 11 is 0. The van der Waals surface area contributed by atoms with Crippen LogP contribution in [-0.4, -0.2) is 23.2 Å². The summed E-state index contributed by atoms with van der Waals surface area (Å²) in [6.07, 6.45) is 1.77. The zero-order valence-corrected chi connectivity index (χ0v) is 10.8. The third-order valence-electron chi connectivity index (χ3n) is 2.81. The Bertz CT molecular complexity index is 559. The highest BCUT2D eigenvalue weighted by molar-refractivity contribution is 5.70. The maximum atomic E-state index is 11.2. The lowest BCUT2D eigenvalue weighted by molar-refractivity contribution is -0.141. The number of benzene rings is 1. The summed E-state index contributed by atoms with van der Waals surface area (Å²) < 4.78 is 9.99. The fourth-order valence-corrected chi connectivity index (χ4v) is 1.70. The highest BCUT2D eigenvalue weighted by Crippen LogP contribution is 2.25. The summed E-state index contributed by atoms with van der Waals surface area (Å²) in [6.45, 7) is 1.85. The highest BCUT2D eigenvalue weighted by Gasteiger charge is 2.17. The molecule has 0 radical (unpaired) electrons. The van der Waals surface area contributed by atoms with Crippen LogP contribution in [0.4, 0.5) is 0 Å². The SMILES string of the molecule is COC(=O)CC(C)c1nc(-c2ccc(O)cc2)co1. The van der Waals surface area contributed by atoms with Gasteiger partial charge in [-0.3, -0.25) is 4.79 Å². The Balaban J connectivity index is 2.14. The summed E-state index contributed by atoms with van der Waals surface area (Å²) in [5.41, 5.74) is 1.52. The van der Waals surface area contributed by atoms with Gasteiger partial charge in [-0.1, -0.05) is 6.92 Å². The van der Waals surface area contributed by atoms with Crippen molar-refractivity contribution < 1.29 is 19.1 Å². The van der Waals surface area contributed by atoms with Crippen LogP contribution in [0.15, 0.2) is 34.9 Å². The van der Waals surface area contributed by atoms with E-state index in [1.54, 1.807) is 24.3 Å². The minimum Gasteiger partial charge on any atom is -0.508 e. The predicted molar refractivity (Wildman–Crippen MR) is 68.7 cm³/mol. The first kappa shape index (κ1) is 13.1. The summed E-state index contributed by atoms with van der Waals surface area (Å²) in [7, 11) is 1.35. The van der Waals surface area contributed by atoms with Crippen molar-refractivity contribution in [2.75, 3.05) is 7.11 Å². The summed E-state index contributed by atoms with van der Waals surface area (Å²) in [5.74, 6) is 0.259. The van der Waals surface area contributed by atoms with Crippen LogP contribution in [-0.2, 0) is 9.53 Å². The predicted octanol–water partition coefficient (Wildman–Crippen LogP) is 2.71. The molecule has 0 aliphatic carbocycles. The lowest BCUT2D eigenvalue weighted by Gasteiger charge is -2.04. The Morgan fingerprint density at radius 2 is 2.11 bits per heavy atom. The van der Waals surface area contributed by atoms with E-state index >= 15 is 0 Å². The Morgan fingerprint density at radius 1 is 1.42 bits per heavy atom. The van der Waals surface area contributed by atoms with Gasteiger partial charge < -0.3 is 14.3 Å². The Hall–Kier alpha value is -2.30. The molecule has 1 N–H and O–H groups in total. The van der Waals surface area contributed by atoms with Crippen molar-refractivity contribution in [2.24, 2.45) is 0 Å². The molecule has 0 amide bonds. The van der Waals surface area contributed by atoms with Crippen molar-refractivity contribution in [2.45, 2.75) is 19.3 Å². The molecule has 0 bridgehead atoms. The van der Waals surface area contributed by atoms with E-state index in [4.69, 9.17) is 4.42 Å². The molecule has 1 aromatic carbocycles. The standard InChI is InChI=1S/C14H15NO4/c1-9(7-13(17)18-2)14-15-12(8-19-14)10-3-5-11(16)6-4-10/h3-6,8-9,16H,7H2,1-2H3. The molecule has 19 heavy (non-hydrogen) atoms. The summed E-state index contributed by atoms with van der Waals surface area (Å²) in [6, 6.07) is 6.67. The molecule has 1 heterocycles. The zero-order chi connectivity index (χ0) is 13.8. The molecule has 0 aliphatic heterocycles. The molecule has 0 saturated heterocycles. The largest absolute Gasteiger partial charge is 0.508 e. The molecule has 0 saturated carbocycles. The van der Waals surface area contributed by atoms with Crippen molar-refractivity contribution >= 4 is 5.97 Å². The number of methoxy groups -OCH3 is 1. The third kappa shape index (κ3) is 3.13. The van der Waals surface area contributed by atoms with Crippen LogP contribution in [0.25, 0.3) is 11.3 Å². The van der Waals surface area contributed by atoms with Gasteiger partial charge >= 0.3 is 5.97 Å². The monoisotopic (exact) mass is 261 g/mol. The van der Waals surface area contributed by atoms with E-state index in [0.29, 0.717) is 11.6 Å². The van der Waals surface area contributed by atoms with E-state index in [2.05, 4.69) is 9.72 Å². The number of phenolic OH excluding ortho intramolecular Hbond substituents is 1. The zero-order valence-electron chi connectivity index (χ0n) is 10.8. The normalized spacial score (nSPS) is 12.1. The van der Waals surface area contributed by atoms with Crippen LogP contribution >= 0.6 is 0 Å². The first-order valence-corrected chi connectivity index (χ1v) is 5.92. The first-order valence-electron chi connectivity index (χ1n) is 5.92. The van der Waals surface area contributed by atoms with Gasteiger partial charge in [0.2, 0.25) is 0 Å². The molecule has 1 aromatic heterocycles. The second kappa shape index (κ2) is 5.56. The van der Waals surface area contributed by atoms with Crippen LogP contribution in [0.1, 0.15) is 25.2 Å². The number of carbonyl (C=O) groups is 1. The van der Waals surface area contributed by atoms with Crippen LogP contribution in [0.5, 0.6) is 5.75 Å². The second-order valence-electron chi connectivity index (χ2n) is 4.30. The molecular formula is C14H15NO4. The highest BCUT2D eigenvalue weighted by atomic mass is 16.5. The van der Waals surface area contributed by atoms with Crippen molar-refractivity contribution in [3.05, 3.63) is 36.4 Å². The van der Waals surface area contributed by atoms with Crippen molar-refractivity contribution in [3.63, 3.8) is 0 Å². The molecule has 1 atom stereocenters. The number of esters is 1. The number of hydrogen-bond donors (Lipinski definition) is 1. The fourth-order valence-electron chi connectivity index (χ4n) is 1.70. The molecule has 5 heteroatoms. The number of aromatic nitrogens is 1. The molecule has 2 rings (SSSR count). The fraction of sp³-hybridized carbons (Fsp3) is 0.286. The van der Waals surface area contributed by atoms with Gasteiger partial charge in [-0.05, 0) is 24.3 Å². The number of nitrogens with zero attached hydrogens (tertiary/aromatic N) is 1. The first-order chi connectivity index (χ1) is 9.10. The summed E-state index contributed by atoms with van der Waals surface area (Å²) in [4.78, 5) is 15.5. The Labute approximate surface area is 110 Å². The minimum absolute atomic E-state index is 0.140. The Kier molecular flexibility index (Phi) is 3.85. The second-order valence-corrected chi connectivity index (χ2v) is 4.30. The molecule has 0 spiro atoms. The molecule has 0 aliphatic rings. The van der Waals surface area contributed by atoms with Gasteiger partial charge in [0, 0.05) is 11.5 Å². The van der Waals surface area contributed by atoms with Crippen molar-refractivity contribution in [1.29, 1.82) is 0 Å². The van der Waals surface area contributed by atoms with E-state index < -0.39 is 0 Å². The third-order valence-corrected chi connectivity index (χ3v) is 2.81. The number of aromatic hydroxyl groups is 1. The van der Waals surface area contributed by atoms with Gasteiger partial charge in [-0.2, -0.15) is 0 Å². The van der Waals surface area contributed by atoms with Gasteiger partial charge in [0.1, 0.15) is 17.7 Å². The maximum absolute atomic E-state index is 11.2. The van der Waals surface area contributed by atoms with E-state index in [9.17, 15) is 9.90 Å². The van der Waals surface area contributed by atoms with Crippen LogP contribution in [0.3, 0.4) is 0 Å². The lowest BCUT2D eigenvalue weighted by Crippen LogP contribution is -2.06. The molecule has 1 unspecified atom stereocenters. The number of oxazole rings is 1. The van der Waals surface area contributed by atoms with Crippen molar-refractivity contribution in [3.8, 4) is 17.0 Å². The average Bonchev–Trinajstić information content (AvgIpc) is 2.89. The van der Waals surface area contributed by atoms with E-state index in [-0.39, 0.29) is 24.1 Å². The quantitative estimate of drug-likeness (QED) is 0.857. The van der Waals surface area contributed by atoms with Gasteiger partial charge in [0.25, 0.3) is 0 Å². The number of phenols is 1. The number of rotatable bonds is 4. The average molecular weight is 261 g/mol. The van der Waals surface area contributed by atoms with Gasteiger partial charge in [0.15, 0.2) is 5.89 Å². The maximum Gasteiger partial charge on any atom is 0.306 e. The van der Waals surface area contributed by atoms with Crippen LogP contribution in [0.2, 0.25) is 0 Å². The smallest absolute Gasteiger partial charge is 0.306 e. The van der Waals surface area contributed by atoms with Gasteiger partial charge in [0.05, 0.1) is 13.5 Å².